The second kappa shape index (κ2) is 6.74. The zero-order chi connectivity index (χ0) is 19.1. The van der Waals surface area contributed by atoms with Crippen LogP contribution in [0.4, 0.5) is 5.69 Å². The molecule has 5 nitrogen and oxygen atoms in total. The highest BCUT2D eigenvalue weighted by Gasteiger charge is 2.24. The third kappa shape index (κ3) is 2.98. The Labute approximate surface area is 161 Å². The third-order valence-electron chi connectivity index (χ3n) is 4.81. The number of halogens is 1. The quantitative estimate of drug-likeness (QED) is 0.736. The van der Waals surface area contributed by atoms with Crippen molar-refractivity contribution in [3.63, 3.8) is 0 Å². The summed E-state index contributed by atoms with van der Waals surface area (Å²) in [5.74, 6) is 0.167. The van der Waals surface area contributed by atoms with Crippen molar-refractivity contribution in [2.75, 3.05) is 5.32 Å². The minimum atomic E-state index is -0.438. The number of aromatic nitrogens is 1. The molecule has 0 unspecified atom stereocenters. The number of aryl methyl sites for hydroxylation is 1. The molecule has 0 saturated heterocycles. The van der Waals surface area contributed by atoms with Gasteiger partial charge in [-0.15, -0.1) is 0 Å². The number of ether oxygens (including phenoxy) is 1. The van der Waals surface area contributed by atoms with Crippen molar-refractivity contribution in [2.24, 2.45) is 0 Å². The van der Waals surface area contributed by atoms with Crippen LogP contribution >= 0.6 is 11.6 Å². The maximum atomic E-state index is 13.0. The summed E-state index contributed by atoms with van der Waals surface area (Å²) in [4.78, 5) is 26.0. The molecule has 0 radical (unpaired) electrons. The van der Waals surface area contributed by atoms with Crippen LogP contribution in [0.25, 0.3) is 10.9 Å². The van der Waals surface area contributed by atoms with Crippen molar-refractivity contribution in [3.05, 3.63) is 69.0 Å². The van der Waals surface area contributed by atoms with E-state index in [1.807, 2.05) is 42.7 Å². The molecule has 0 aliphatic carbocycles. The smallest absolute Gasteiger partial charge is 0.261 e. The minimum Gasteiger partial charge on any atom is -0.487 e. The zero-order valence-electron chi connectivity index (χ0n) is 15.1. The Bertz CT molecular complexity index is 1120. The lowest BCUT2D eigenvalue weighted by atomic mass is 10.1. The van der Waals surface area contributed by atoms with Crippen LogP contribution in [-0.2, 0) is 13.0 Å². The van der Waals surface area contributed by atoms with Crippen molar-refractivity contribution in [2.45, 2.75) is 32.9 Å². The van der Waals surface area contributed by atoms with Gasteiger partial charge in [-0.05, 0) is 37.1 Å². The SMILES string of the molecule is CCc1ccccc1NC(=O)c1cn2c3c(ccc(Cl)c3c1=O)O[C@@H](C)C2. The summed E-state index contributed by atoms with van der Waals surface area (Å²) < 4.78 is 7.70. The highest BCUT2D eigenvalue weighted by molar-refractivity contribution is 6.35. The van der Waals surface area contributed by atoms with Crippen molar-refractivity contribution < 1.29 is 9.53 Å². The average molecular weight is 383 g/mol. The van der Waals surface area contributed by atoms with Crippen LogP contribution in [0.1, 0.15) is 29.8 Å². The van der Waals surface area contributed by atoms with Gasteiger partial charge in [-0.25, -0.2) is 0 Å². The van der Waals surface area contributed by atoms with Crippen LogP contribution in [-0.4, -0.2) is 16.6 Å². The summed E-state index contributed by atoms with van der Waals surface area (Å²) in [5.41, 5.74) is 2.03. The maximum Gasteiger partial charge on any atom is 0.261 e. The number of carbonyl (C=O) groups excluding carboxylic acids is 1. The monoisotopic (exact) mass is 382 g/mol. The van der Waals surface area contributed by atoms with E-state index in [0.717, 1.165) is 12.0 Å². The van der Waals surface area contributed by atoms with Crippen molar-refractivity contribution in [1.29, 1.82) is 0 Å². The number of pyridine rings is 1. The Kier molecular flexibility index (Phi) is 4.40. The molecule has 1 atom stereocenters. The molecule has 1 aromatic heterocycles. The molecule has 0 spiro atoms. The Morgan fingerprint density at radius 3 is 2.85 bits per heavy atom. The largest absolute Gasteiger partial charge is 0.487 e. The fraction of sp³-hybridized carbons (Fsp3) is 0.238. The molecule has 0 bridgehead atoms. The van der Waals surface area contributed by atoms with E-state index in [1.165, 1.54) is 0 Å². The molecular weight excluding hydrogens is 364 g/mol. The van der Waals surface area contributed by atoms with Gasteiger partial charge in [-0.2, -0.15) is 0 Å². The lowest BCUT2D eigenvalue weighted by molar-refractivity contribution is 0.102. The first-order chi connectivity index (χ1) is 13.0. The molecule has 1 aliphatic heterocycles. The number of amides is 1. The van der Waals surface area contributed by atoms with E-state index < -0.39 is 11.3 Å². The number of benzene rings is 2. The standard InChI is InChI=1S/C21H19ClN2O3/c1-3-13-6-4-5-7-16(13)23-21(26)14-11-24-10-12(2)27-17-9-8-15(22)18(19(17)24)20(14)25/h4-9,11-12H,3,10H2,1-2H3,(H,23,26)/t12-/m0/s1. The Morgan fingerprint density at radius 1 is 1.30 bits per heavy atom. The first kappa shape index (κ1) is 17.6. The molecule has 1 amide bonds. The maximum absolute atomic E-state index is 13.0. The van der Waals surface area contributed by atoms with Gasteiger partial charge in [0.25, 0.3) is 5.91 Å². The normalized spacial score (nSPS) is 15.4. The number of nitrogens with zero attached hydrogens (tertiary/aromatic N) is 1. The molecule has 1 aliphatic rings. The van der Waals surface area contributed by atoms with Gasteiger partial charge in [0, 0.05) is 11.9 Å². The number of hydrogen-bond donors (Lipinski definition) is 1. The van der Waals surface area contributed by atoms with Gasteiger partial charge < -0.3 is 14.6 Å². The van der Waals surface area contributed by atoms with E-state index in [9.17, 15) is 9.59 Å². The van der Waals surface area contributed by atoms with Crippen molar-refractivity contribution >= 4 is 34.1 Å². The summed E-state index contributed by atoms with van der Waals surface area (Å²) in [6, 6.07) is 11.0. The number of carbonyl (C=O) groups is 1. The van der Waals surface area contributed by atoms with E-state index in [-0.39, 0.29) is 11.7 Å². The van der Waals surface area contributed by atoms with Gasteiger partial charge in [0.05, 0.1) is 22.5 Å². The van der Waals surface area contributed by atoms with Crippen LogP contribution in [0.3, 0.4) is 0 Å². The van der Waals surface area contributed by atoms with Gasteiger partial charge in [-0.3, -0.25) is 9.59 Å². The molecule has 27 heavy (non-hydrogen) atoms. The fourth-order valence-corrected chi connectivity index (χ4v) is 3.77. The van der Waals surface area contributed by atoms with E-state index in [4.69, 9.17) is 16.3 Å². The highest BCUT2D eigenvalue weighted by Crippen LogP contribution is 2.33. The predicted molar refractivity (Wildman–Crippen MR) is 107 cm³/mol. The molecule has 1 N–H and O–H groups in total. The van der Waals surface area contributed by atoms with E-state index in [1.54, 1.807) is 18.3 Å². The topological polar surface area (TPSA) is 60.3 Å². The third-order valence-corrected chi connectivity index (χ3v) is 5.12. The predicted octanol–water partition coefficient (Wildman–Crippen LogP) is 4.25. The summed E-state index contributed by atoms with van der Waals surface area (Å²) in [5, 5.41) is 3.50. The molecule has 0 fully saturated rings. The average Bonchev–Trinajstić information content (AvgIpc) is 2.65. The lowest BCUT2D eigenvalue weighted by Gasteiger charge is -2.26. The van der Waals surface area contributed by atoms with Crippen LogP contribution < -0.4 is 15.5 Å². The van der Waals surface area contributed by atoms with Gasteiger partial charge in [0.2, 0.25) is 5.43 Å². The van der Waals surface area contributed by atoms with Crippen molar-refractivity contribution in [1.82, 2.24) is 4.57 Å². The summed E-state index contributed by atoms with van der Waals surface area (Å²) in [6.07, 6.45) is 2.32. The first-order valence-electron chi connectivity index (χ1n) is 8.91. The minimum absolute atomic E-state index is 0.0684. The van der Waals surface area contributed by atoms with Gasteiger partial charge >= 0.3 is 0 Å². The fourth-order valence-electron chi connectivity index (χ4n) is 3.53. The number of hydrogen-bond acceptors (Lipinski definition) is 3. The molecule has 4 rings (SSSR count). The van der Waals surface area contributed by atoms with Crippen LogP contribution in [0, 0.1) is 0 Å². The Hall–Kier alpha value is -2.79. The first-order valence-corrected chi connectivity index (χ1v) is 9.29. The number of nitrogens with one attached hydrogen (secondary N) is 1. The van der Waals surface area contributed by atoms with Gasteiger partial charge in [0.1, 0.15) is 17.4 Å². The number of para-hydroxylation sites is 1. The molecule has 6 heteroatoms. The molecule has 138 valence electrons. The van der Waals surface area contributed by atoms with Crippen LogP contribution in [0.5, 0.6) is 5.75 Å². The van der Waals surface area contributed by atoms with Gasteiger partial charge in [0.15, 0.2) is 0 Å². The molecule has 2 heterocycles. The van der Waals surface area contributed by atoms with Crippen molar-refractivity contribution in [3.8, 4) is 5.75 Å². The second-order valence-electron chi connectivity index (χ2n) is 6.69. The number of rotatable bonds is 3. The van der Waals surface area contributed by atoms with Gasteiger partial charge in [-0.1, -0.05) is 36.7 Å². The molecule has 0 saturated carbocycles. The van der Waals surface area contributed by atoms with Crippen LogP contribution in [0.15, 0.2) is 47.4 Å². The lowest BCUT2D eigenvalue weighted by Crippen LogP contribution is -2.30. The molecule has 3 aromatic rings. The van der Waals surface area contributed by atoms with E-state index >= 15 is 0 Å². The Balaban J connectivity index is 1.86. The summed E-state index contributed by atoms with van der Waals surface area (Å²) in [6.45, 7) is 4.50. The van der Waals surface area contributed by atoms with E-state index in [2.05, 4.69) is 5.32 Å². The highest BCUT2D eigenvalue weighted by atomic mass is 35.5. The second-order valence-corrected chi connectivity index (χ2v) is 7.09. The zero-order valence-corrected chi connectivity index (χ0v) is 15.8. The number of anilines is 1. The molecular formula is C21H19ClN2O3. The Morgan fingerprint density at radius 2 is 2.07 bits per heavy atom. The molecule has 2 aromatic carbocycles. The van der Waals surface area contributed by atoms with E-state index in [0.29, 0.717) is 33.9 Å². The summed E-state index contributed by atoms with van der Waals surface area (Å²) >= 11 is 6.31. The van der Waals surface area contributed by atoms with Crippen LogP contribution in [0.2, 0.25) is 5.02 Å². The summed E-state index contributed by atoms with van der Waals surface area (Å²) in [7, 11) is 0.